The Morgan fingerprint density at radius 1 is 0.828 bits per heavy atom. The number of urea groups is 1. The number of anilines is 1. The molecule has 3 aromatic carbocycles. The molecule has 0 fully saturated rings. The third kappa shape index (κ3) is 3.56. The van der Waals surface area contributed by atoms with Gasteiger partial charge in [-0.05, 0) is 35.4 Å². The average Bonchev–Trinajstić information content (AvgIpc) is 2.75. The molecule has 1 aliphatic rings. The Hall–Kier alpha value is -3.32. The van der Waals surface area contributed by atoms with E-state index < -0.39 is 16.1 Å². The molecule has 0 radical (unpaired) electrons. The molecule has 0 atom stereocenters. The highest BCUT2D eigenvalue weighted by atomic mass is 32.2. The van der Waals surface area contributed by atoms with Crippen LogP contribution in [0.3, 0.4) is 0 Å². The van der Waals surface area contributed by atoms with Crippen molar-refractivity contribution in [2.24, 2.45) is 0 Å². The lowest BCUT2D eigenvalue weighted by atomic mass is 10.2. The van der Waals surface area contributed by atoms with E-state index >= 15 is 0 Å². The van der Waals surface area contributed by atoms with E-state index in [0.29, 0.717) is 11.4 Å². The molecule has 1 heterocycles. The quantitative estimate of drug-likeness (QED) is 0.639. The summed E-state index contributed by atoms with van der Waals surface area (Å²) < 4.78 is 32.6. The summed E-state index contributed by atoms with van der Waals surface area (Å²) in [5.41, 5.74) is 1.96. The minimum Gasteiger partial charge on any atom is -0.497 e. The van der Waals surface area contributed by atoms with Crippen LogP contribution in [0, 0.1) is 0 Å². The van der Waals surface area contributed by atoms with Crippen molar-refractivity contribution in [1.29, 1.82) is 0 Å². The molecule has 29 heavy (non-hydrogen) atoms. The van der Waals surface area contributed by atoms with E-state index in [1.165, 1.54) is 11.0 Å². The molecule has 6 nitrogen and oxygen atoms in total. The van der Waals surface area contributed by atoms with Crippen molar-refractivity contribution in [3.63, 3.8) is 0 Å². The molecule has 0 N–H and O–H groups in total. The zero-order chi connectivity index (χ0) is 20.4. The first kappa shape index (κ1) is 19.0. The first-order valence-corrected chi connectivity index (χ1v) is 10.5. The normalized spacial score (nSPS) is 15.1. The third-order valence-electron chi connectivity index (χ3n) is 4.81. The lowest BCUT2D eigenvalue weighted by molar-refractivity contribution is 0.226. The van der Waals surface area contributed by atoms with Gasteiger partial charge in [0.2, 0.25) is 0 Å². The Labute approximate surface area is 170 Å². The van der Waals surface area contributed by atoms with Crippen molar-refractivity contribution in [3.05, 3.63) is 90.0 Å². The van der Waals surface area contributed by atoms with Crippen LogP contribution in [-0.2, 0) is 23.1 Å². The summed E-state index contributed by atoms with van der Waals surface area (Å²) >= 11 is 0. The molecule has 0 spiro atoms. The molecule has 148 valence electrons. The fourth-order valence-corrected chi connectivity index (χ4v) is 4.92. The zero-order valence-electron chi connectivity index (χ0n) is 15.9. The smallest absolute Gasteiger partial charge is 0.339 e. The molecule has 1 aliphatic heterocycles. The molecule has 2 amide bonds. The monoisotopic (exact) mass is 408 g/mol. The maximum absolute atomic E-state index is 13.3. The van der Waals surface area contributed by atoms with Crippen LogP contribution >= 0.6 is 0 Å². The summed E-state index contributed by atoms with van der Waals surface area (Å²) in [6, 6.07) is 22.5. The van der Waals surface area contributed by atoms with Gasteiger partial charge in [-0.1, -0.05) is 54.6 Å². The van der Waals surface area contributed by atoms with Crippen LogP contribution in [0.5, 0.6) is 5.75 Å². The van der Waals surface area contributed by atoms with E-state index in [9.17, 15) is 13.2 Å². The van der Waals surface area contributed by atoms with Gasteiger partial charge in [-0.25, -0.2) is 17.5 Å². The van der Waals surface area contributed by atoms with Gasteiger partial charge in [0.05, 0.1) is 25.9 Å². The van der Waals surface area contributed by atoms with Crippen molar-refractivity contribution in [2.75, 3.05) is 12.0 Å². The van der Waals surface area contributed by atoms with Gasteiger partial charge in [0.25, 0.3) is 10.0 Å². The highest BCUT2D eigenvalue weighted by Gasteiger charge is 2.41. The van der Waals surface area contributed by atoms with E-state index in [4.69, 9.17) is 4.74 Å². The van der Waals surface area contributed by atoms with Gasteiger partial charge in [-0.3, -0.25) is 4.90 Å². The molecule has 0 aliphatic carbocycles. The number of fused-ring (bicyclic) bond motifs is 1. The van der Waals surface area contributed by atoms with Crippen LogP contribution in [0.2, 0.25) is 0 Å². The van der Waals surface area contributed by atoms with Crippen molar-refractivity contribution in [2.45, 2.75) is 18.0 Å². The Balaban J connectivity index is 1.77. The van der Waals surface area contributed by atoms with Gasteiger partial charge in [0, 0.05) is 0 Å². The lowest BCUT2D eigenvalue weighted by Gasteiger charge is -2.36. The second kappa shape index (κ2) is 7.60. The van der Waals surface area contributed by atoms with E-state index in [1.807, 2.05) is 42.5 Å². The fraction of sp³-hybridized carbons (Fsp3) is 0.136. The summed E-state index contributed by atoms with van der Waals surface area (Å²) in [6.45, 7) is 0.207. The molecule has 3 aromatic rings. The topological polar surface area (TPSA) is 66.9 Å². The number of carbonyl (C=O) groups excluding carboxylic acids is 1. The average molecular weight is 408 g/mol. The summed E-state index contributed by atoms with van der Waals surface area (Å²) in [7, 11) is -2.37. The number of methoxy groups -OCH3 is 1. The lowest BCUT2D eigenvalue weighted by Crippen LogP contribution is -2.49. The molecule has 0 unspecified atom stereocenters. The number of carbonyl (C=O) groups is 1. The van der Waals surface area contributed by atoms with Crippen molar-refractivity contribution < 1.29 is 17.9 Å². The van der Waals surface area contributed by atoms with Gasteiger partial charge in [0.15, 0.2) is 0 Å². The number of hydrogen-bond donors (Lipinski definition) is 0. The standard InChI is InChI=1S/C22H20N2O4S/c1-28-19-11-7-10-18(14-19)15-23-20-12-5-6-13-21(20)29(26,27)24(22(23)25)16-17-8-3-2-4-9-17/h2-14H,15-16H2,1H3. The molecule has 0 aromatic heterocycles. The number of hydrogen-bond acceptors (Lipinski definition) is 4. The first-order valence-electron chi connectivity index (χ1n) is 9.11. The van der Waals surface area contributed by atoms with Crippen LogP contribution in [0.1, 0.15) is 11.1 Å². The number of sulfonamides is 1. The predicted octanol–water partition coefficient (Wildman–Crippen LogP) is 4.03. The zero-order valence-corrected chi connectivity index (χ0v) is 16.7. The summed E-state index contributed by atoms with van der Waals surface area (Å²) in [4.78, 5) is 14.9. The number of ether oxygens (including phenoxy) is 1. The summed E-state index contributed by atoms with van der Waals surface area (Å²) in [6.07, 6.45) is 0. The minimum atomic E-state index is -3.95. The Kier molecular flexibility index (Phi) is 4.98. The molecular weight excluding hydrogens is 388 g/mol. The van der Waals surface area contributed by atoms with E-state index in [2.05, 4.69) is 0 Å². The van der Waals surface area contributed by atoms with Crippen molar-refractivity contribution in [3.8, 4) is 5.75 Å². The van der Waals surface area contributed by atoms with Crippen LogP contribution in [0.25, 0.3) is 0 Å². The predicted molar refractivity (Wildman–Crippen MR) is 110 cm³/mol. The van der Waals surface area contributed by atoms with Crippen LogP contribution in [0.4, 0.5) is 10.5 Å². The number of benzene rings is 3. The molecular formula is C22H20N2O4S. The maximum atomic E-state index is 13.3. The molecule has 7 heteroatoms. The summed E-state index contributed by atoms with van der Waals surface area (Å²) in [5.74, 6) is 0.675. The molecule has 0 saturated carbocycles. The van der Waals surface area contributed by atoms with E-state index in [0.717, 1.165) is 15.4 Å². The molecule has 0 bridgehead atoms. The second-order valence-corrected chi connectivity index (χ2v) is 8.52. The van der Waals surface area contributed by atoms with Gasteiger partial charge in [-0.2, -0.15) is 0 Å². The van der Waals surface area contributed by atoms with Crippen LogP contribution in [0.15, 0.2) is 83.8 Å². The highest BCUT2D eigenvalue weighted by Crippen LogP contribution is 2.36. The van der Waals surface area contributed by atoms with Crippen molar-refractivity contribution in [1.82, 2.24) is 4.31 Å². The first-order chi connectivity index (χ1) is 14.0. The van der Waals surface area contributed by atoms with Crippen LogP contribution in [-0.4, -0.2) is 25.9 Å². The van der Waals surface area contributed by atoms with Gasteiger partial charge in [0.1, 0.15) is 10.6 Å². The SMILES string of the molecule is COc1cccc(CN2C(=O)N(Cc3ccccc3)S(=O)(=O)c3ccccc32)c1. The van der Waals surface area contributed by atoms with Gasteiger partial charge in [-0.15, -0.1) is 0 Å². The van der Waals surface area contributed by atoms with Gasteiger partial charge >= 0.3 is 6.03 Å². The van der Waals surface area contributed by atoms with E-state index in [1.54, 1.807) is 37.4 Å². The fourth-order valence-electron chi connectivity index (χ4n) is 3.37. The highest BCUT2D eigenvalue weighted by molar-refractivity contribution is 7.90. The Morgan fingerprint density at radius 3 is 2.28 bits per heavy atom. The van der Waals surface area contributed by atoms with E-state index in [-0.39, 0.29) is 18.0 Å². The maximum Gasteiger partial charge on any atom is 0.339 e. The third-order valence-corrected chi connectivity index (χ3v) is 6.58. The number of rotatable bonds is 5. The number of nitrogens with zero attached hydrogens (tertiary/aromatic N) is 2. The Bertz CT molecular complexity index is 1150. The Morgan fingerprint density at radius 2 is 1.52 bits per heavy atom. The summed E-state index contributed by atoms with van der Waals surface area (Å²) in [5, 5.41) is 0. The second-order valence-electron chi connectivity index (χ2n) is 6.69. The van der Waals surface area contributed by atoms with Gasteiger partial charge < -0.3 is 4.74 Å². The molecule has 4 rings (SSSR count). The molecule has 0 saturated heterocycles. The van der Waals surface area contributed by atoms with Crippen LogP contribution < -0.4 is 9.64 Å². The number of amides is 2. The number of para-hydroxylation sites is 1. The minimum absolute atomic E-state index is 0.0229. The largest absolute Gasteiger partial charge is 0.497 e. The van der Waals surface area contributed by atoms with Crippen molar-refractivity contribution >= 4 is 21.7 Å².